The van der Waals surface area contributed by atoms with Crippen LogP contribution >= 0.6 is 23.2 Å². The van der Waals surface area contributed by atoms with Crippen molar-refractivity contribution in [3.63, 3.8) is 0 Å². The summed E-state index contributed by atoms with van der Waals surface area (Å²) in [5.41, 5.74) is 2.62. The van der Waals surface area contributed by atoms with Crippen LogP contribution in [0.2, 0.25) is 10.0 Å². The Labute approximate surface area is 176 Å². The molecule has 0 radical (unpaired) electrons. The van der Waals surface area contributed by atoms with Gasteiger partial charge in [-0.05, 0) is 23.8 Å². The van der Waals surface area contributed by atoms with E-state index in [0.717, 1.165) is 5.56 Å². The number of carbonyl (C=O) groups is 2. The van der Waals surface area contributed by atoms with Gasteiger partial charge in [-0.3, -0.25) is 9.59 Å². The van der Waals surface area contributed by atoms with Crippen molar-refractivity contribution in [2.45, 2.75) is 6.42 Å². The normalized spacial score (nSPS) is 11.0. The summed E-state index contributed by atoms with van der Waals surface area (Å²) in [5, 5.41) is 10.7. The number of hydrogen-bond donors (Lipinski definition) is 1. The van der Waals surface area contributed by atoms with Gasteiger partial charge in [-0.15, -0.1) is 0 Å². The third-order valence-corrected chi connectivity index (χ3v) is 5.44. The number of para-hydroxylation sites is 1. The van der Waals surface area contributed by atoms with Crippen molar-refractivity contribution >= 4 is 45.9 Å². The lowest BCUT2D eigenvalue weighted by atomic mass is 9.98. The second kappa shape index (κ2) is 7.74. The van der Waals surface area contributed by atoms with Crippen LogP contribution < -0.4 is 0 Å². The molecule has 29 heavy (non-hydrogen) atoms. The molecule has 3 aromatic carbocycles. The van der Waals surface area contributed by atoms with E-state index >= 15 is 0 Å². The highest BCUT2D eigenvalue weighted by Crippen LogP contribution is 2.34. The molecule has 0 saturated heterocycles. The van der Waals surface area contributed by atoms with Gasteiger partial charge in [-0.25, -0.2) is 0 Å². The molecule has 1 heterocycles. The third kappa shape index (κ3) is 3.65. The van der Waals surface area contributed by atoms with E-state index in [1.54, 1.807) is 54.6 Å². The average Bonchev–Trinajstić information content (AvgIpc) is 3.07. The lowest BCUT2D eigenvalue weighted by Gasteiger charge is -2.08. The summed E-state index contributed by atoms with van der Waals surface area (Å²) in [6.07, 6.45) is -0.308. The molecule has 0 aliphatic heterocycles. The van der Waals surface area contributed by atoms with Gasteiger partial charge < -0.3 is 9.52 Å². The lowest BCUT2D eigenvalue weighted by Crippen LogP contribution is -2.07. The minimum Gasteiger partial charge on any atom is -0.481 e. The Morgan fingerprint density at radius 3 is 2.48 bits per heavy atom. The maximum Gasteiger partial charge on any atom is 0.307 e. The summed E-state index contributed by atoms with van der Waals surface area (Å²) in [6.45, 7) is 0. The van der Waals surface area contributed by atoms with Gasteiger partial charge in [-0.1, -0.05) is 71.7 Å². The number of fused-ring (bicyclic) bond motifs is 1. The monoisotopic (exact) mass is 424 g/mol. The minimum absolute atomic E-state index is 0.0305. The molecule has 144 valence electrons. The average molecular weight is 425 g/mol. The number of halogens is 2. The van der Waals surface area contributed by atoms with Crippen molar-refractivity contribution in [1.82, 2.24) is 0 Å². The van der Waals surface area contributed by atoms with Crippen LogP contribution in [0, 0.1) is 0 Å². The van der Waals surface area contributed by atoms with Crippen LogP contribution in [0.15, 0.2) is 71.1 Å². The summed E-state index contributed by atoms with van der Waals surface area (Å²) < 4.78 is 5.74. The number of benzene rings is 3. The molecule has 0 amide bonds. The molecule has 1 aromatic heterocycles. The number of rotatable bonds is 5. The van der Waals surface area contributed by atoms with Gasteiger partial charge in [0.15, 0.2) is 5.76 Å². The molecule has 0 saturated carbocycles. The van der Waals surface area contributed by atoms with Crippen LogP contribution in [0.25, 0.3) is 22.1 Å². The first-order valence-corrected chi connectivity index (χ1v) is 9.52. The standard InChI is InChI=1S/C23H14Cl2O4/c24-18-9-4-8-15(21(18)25)13-5-3-6-14(11-13)22(28)23-17(12-20(26)27)16-7-1-2-10-19(16)29-23/h1-11H,12H2,(H,26,27). The zero-order valence-electron chi connectivity index (χ0n) is 15.0. The Kier molecular flexibility index (Phi) is 5.14. The van der Waals surface area contributed by atoms with Crippen molar-refractivity contribution in [1.29, 1.82) is 0 Å². The van der Waals surface area contributed by atoms with Crippen LogP contribution in [0.5, 0.6) is 0 Å². The maximum atomic E-state index is 13.2. The summed E-state index contributed by atoms with van der Waals surface area (Å²) in [5.74, 6) is -1.40. The largest absolute Gasteiger partial charge is 0.481 e. The van der Waals surface area contributed by atoms with Crippen molar-refractivity contribution in [2.24, 2.45) is 0 Å². The fourth-order valence-corrected chi connectivity index (χ4v) is 3.70. The number of carboxylic acids is 1. The SMILES string of the molecule is O=C(O)Cc1c(C(=O)c2cccc(-c3cccc(Cl)c3Cl)c2)oc2ccccc12. The zero-order chi connectivity index (χ0) is 20.5. The number of carbonyl (C=O) groups excluding carboxylic acids is 1. The van der Waals surface area contributed by atoms with E-state index in [2.05, 4.69) is 0 Å². The van der Waals surface area contributed by atoms with Crippen LogP contribution in [0.4, 0.5) is 0 Å². The van der Waals surface area contributed by atoms with Crippen LogP contribution in [-0.4, -0.2) is 16.9 Å². The first kappa shape index (κ1) is 19.2. The number of aliphatic carboxylic acids is 1. The molecular weight excluding hydrogens is 411 g/mol. The second-order valence-corrected chi connectivity index (χ2v) is 7.27. The molecule has 4 aromatic rings. The molecule has 0 fully saturated rings. The van der Waals surface area contributed by atoms with Gasteiger partial charge in [0.1, 0.15) is 5.58 Å². The summed E-state index contributed by atoms with van der Waals surface area (Å²) in [7, 11) is 0. The molecule has 0 spiro atoms. The Morgan fingerprint density at radius 2 is 1.69 bits per heavy atom. The highest BCUT2D eigenvalue weighted by Gasteiger charge is 2.23. The summed E-state index contributed by atoms with van der Waals surface area (Å²) >= 11 is 12.4. The predicted molar refractivity (Wildman–Crippen MR) is 113 cm³/mol. The summed E-state index contributed by atoms with van der Waals surface area (Å²) in [4.78, 5) is 24.6. The first-order valence-electron chi connectivity index (χ1n) is 8.77. The van der Waals surface area contributed by atoms with Crippen LogP contribution in [0.3, 0.4) is 0 Å². The molecular formula is C23H14Cl2O4. The van der Waals surface area contributed by atoms with Gasteiger partial charge in [-0.2, -0.15) is 0 Å². The van der Waals surface area contributed by atoms with Crippen LogP contribution in [0.1, 0.15) is 21.7 Å². The molecule has 4 rings (SSSR count). The van der Waals surface area contributed by atoms with Gasteiger partial charge in [0.2, 0.25) is 5.78 Å². The zero-order valence-corrected chi connectivity index (χ0v) is 16.5. The number of carboxylic acid groups (broad SMARTS) is 1. The van der Waals surface area contributed by atoms with Gasteiger partial charge >= 0.3 is 5.97 Å². The number of hydrogen-bond acceptors (Lipinski definition) is 3. The van der Waals surface area contributed by atoms with Gasteiger partial charge in [0, 0.05) is 22.1 Å². The van der Waals surface area contributed by atoms with Crippen molar-refractivity contribution < 1.29 is 19.1 Å². The van der Waals surface area contributed by atoms with Crippen molar-refractivity contribution in [2.75, 3.05) is 0 Å². The highest BCUT2D eigenvalue weighted by atomic mass is 35.5. The molecule has 0 unspecified atom stereocenters. The van der Waals surface area contributed by atoms with E-state index in [1.807, 2.05) is 12.1 Å². The van der Waals surface area contributed by atoms with E-state index in [1.165, 1.54) is 0 Å². The van der Waals surface area contributed by atoms with E-state index in [-0.39, 0.29) is 12.2 Å². The smallest absolute Gasteiger partial charge is 0.307 e. The first-order chi connectivity index (χ1) is 14.0. The third-order valence-electron chi connectivity index (χ3n) is 4.62. The van der Waals surface area contributed by atoms with E-state index in [4.69, 9.17) is 27.6 Å². The van der Waals surface area contributed by atoms with Gasteiger partial charge in [0.25, 0.3) is 0 Å². The van der Waals surface area contributed by atoms with Crippen LogP contribution in [-0.2, 0) is 11.2 Å². The maximum absolute atomic E-state index is 13.2. The Balaban J connectivity index is 1.82. The van der Waals surface area contributed by atoms with E-state index in [0.29, 0.717) is 37.7 Å². The lowest BCUT2D eigenvalue weighted by molar-refractivity contribution is -0.136. The fraction of sp³-hybridized carbons (Fsp3) is 0.0435. The quantitative estimate of drug-likeness (QED) is 0.383. The Hall–Kier alpha value is -3.08. The van der Waals surface area contributed by atoms with Crippen molar-refractivity contribution in [3.8, 4) is 11.1 Å². The molecule has 1 N–H and O–H groups in total. The molecule has 4 nitrogen and oxygen atoms in total. The molecule has 0 atom stereocenters. The Morgan fingerprint density at radius 1 is 0.931 bits per heavy atom. The highest BCUT2D eigenvalue weighted by molar-refractivity contribution is 6.43. The second-order valence-electron chi connectivity index (χ2n) is 6.49. The molecule has 0 bridgehead atoms. The van der Waals surface area contributed by atoms with E-state index < -0.39 is 11.8 Å². The topological polar surface area (TPSA) is 67.5 Å². The number of ketones is 1. The summed E-state index contributed by atoms with van der Waals surface area (Å²) in [6, 6.07) is 19.2. The van der Waals surface area contributed by atoms with Crippen molar-refractivity contribution in [3.05, 3.63) is 93.7 Å². The molecule has 0 aliphatic rings. The molecule has 0 aliphatic carbocycles. The number of furan rings is 1. The predicted octanol–water partition coefficient (Wildman–Crippen LogP) is 6.26. The Bertz CT molecular complexity index is 1260. The fourth-order valence-electron chi connectivity index (χ4n) is 3.29. The minimum atomic E-state index is -1.04. The van der Waals surface area contributed by atoms with Gasteiger partial charge in [0.05, 0.1) is 16.5 Å². The van der Waals surface area contributed by atoms with E-state index in [9.17, 15) is 14.7 Å². The molecule has 6 heteroatoms.